The average molecular weight is 492 g/mol. The predicted octanol–water partition coefficient (Wildman–Crippen LogP) is -0.454. The van der Waals surface area contributed by atoms with Crippen molar-refractivity contribution in [1.29, 1.82) is 0 Å². The van der Waals surface area contributed by atoms with Gasteiger partial charge in [0.1, 0.15) is 12.3 Å². The molecule has 5 N–H and O–H groups in total. The van der Waals surface area contributed by atoms with E-state index in [4.69, 9.17) is 9.84 Å². The maximum Gasteiger partial charge on any atom is 0.471 e. The van der Waals surface area contributed by atoms with E-state index in [0.29, 0.717) is 32.2 Å². The Morgan fingerprint density at radius 2 is 1.82 bits per heavy atom. The third-order valence-corrected chi connectivity index (χ3v) is 5.05. The van der Waals surface area contributed by atoms with E-state index in [2.05, 4.69) is 10.3 Å². The summed E-state index contributed by atoms with van der Waals surface area (Å²) >= 11 is 0. The number of nitrogens with zero attached hydrogens (tertiary/aromatic N) is 1. The lowest BCUT2D eigenvalue weighted by Gasteiger charge is -2.14. The molecule has 2 amide bonds. The Balaban J connectivity index is 1.76. The van der Waals surface area contributed by atoms with Gasteiger partial charge in [-0.1, -0.05) is 12.8 Å². The first-order valence-corrected chi connectivity index (χ1v) is 10.6. The zero-order chi connectivity index (χ0) is 25.3. The molecule has 3 atom stereocenters. The van der Waals surface area contributed by atoms with Crippen LogP contribution in [-0.2, 0) is 14.3 Å². The van der Waals surface area contributed by atoms with E-state index in [9.17, 15) is 37.5 Å². The van der Waals surface area contributed by atoms with Crippen LogP contribution in [0, 0.1) is 0 Å². The molecule has 190 valence electrons. The molecule has 1 aromatic rings. The molecular formula is C20H27F3N4O7. The van der Waals surface area contributed by atoms with Crippen molar-refractivity contribution < 1.29 is 37.7 Å². The van der Waals surface area contributed by atoms with Gasteiger partial charge in [0.15, 0.2) is 0 Å². The van der Waals surface area contributed by atoms with Gasteiger partial charge >= 0.3 is 17.8 Å². The molecule has 0 bridgehead atoms. The quantitative estimate of drug-likeness (QED) is 0.206. The lowest BCUT2D eigenvalue weighted by atomic mass is 10.2. The van der Waals surface area contributed by atoms with Crippen LogP contribution in [0.3, 0.4) is 0 Å². The maximum absolute atomic E-state index is 12.1. The van der Waals surface area contributed by atoms with Crippen LogP contribution in [0.15, 0.2) is 21.9 Å². The Hall–Kier alpha value is -2.97. The van der Waals surface area contributed by atoms with Crippen molar-refractivity contribution in [2.45, 2.75) is 56.7 Å². The monoisotopic (exact) mass is 492 g/mol. The number of aromatic amines is 1. The van der Waals surface area contributed by atoms with Gasteiger partial charge in [-0.05, 0) is 18.9 Å². The van der Waals surface area contributed by atoms with E-state index in [1.807, 2.05) is 0 Å². The molecule has 11 nitrogen and oxygen atoms in total. The summed E-state index contributed by atoms with van der Waals surface area (Å²) in [6, 6.07) is 0. The average Bonchev–Trinajstić information content (AvgIpc) is 3.14. The van der Waals surface area contributed by atoms with Crippen molar-refractivity contribution in [3.8, 4) is 0 Å². The number of amides is 2. The minimum Gasteiger partial charge on any atom is -0.394 e. The summed E-state index contributed by atoms with van der Waals surface area (Å²) < 4.78 is 42.6. The van der Waals surface area contributed by atoms with Gasteiger partial charge in [-0.2, -0.15) is 13.2 Å². The Kier molecular flexibility index (Phi) is 10.0. The third kappa shape index (κ3) is 8.11. The molecule has 1 aromatic heterocycles. The van der Waals surface area contributed by atoms with Crippen LogP contribution in [0.25, 0.3) is 6.08 Å². The van der Waals surface area contributed by atoms with Crippen molar-refractivity contribution in [2.75, 3.05) is 19.7 Å². The lowest BCUT2D eigenvalue weighted by molar-refractivity contribution is -0.173. The lowest BCUT2D eigenvalue weighted by Crippen LogP contribution is -2.37. The van der Waals surface area contributed by atoms with Crippen LogP contribution < -0.4 is 21.9 Å². The number of hydrogen-bond donors (Lipinski definition) is 5. The summed E-state index contributed by atoms with van der Waals surface area (Å²) in [6.45, 7) is -0.225. The summed E-state index contributed by atoms with van der Waals surface area (Å²) in [5.41, 5.74) is -1.48. The second-order valence-electron chi connectivity index (χ2n) is 7.66. The topological polar surface area (TPSA) is 163 Å². The van der Waals surface area contributed by atoms with Crippen LogP contribution in [0.4, 0.5) is 13.2 Å². The predicted molar refractivity (Wildman–Crippen MR) is 113 cm³/mol. The number of ether oxygens (including phenoxy) is 1. The van der Waals surface area contributed by atoms with E-state index >= 15 is 0 Å². The van der Waals surface area contributed by atoms with Crippen molar-refractivity contribution in [2.24, 2.45) is 0 Å². The summed E-state index contributed by atoms with van der Waals surface area (Å²) in [7, 11) is 0. The number of hydrogen-bond acceptors (Lipinski definition) is 7. The Labute approximate surface area is 191 Å². The maximum atomic E-state index is 12.1. The van der Waals surface area contributed by atoms with Gasteiger partial charge in [-0.15, -0.1) is 0 Å². The Bertz CT molecular complexity index is 990. The molecule has 34 heavy (non-hydrogen) atoms. The van der Waals surface area contributed by atoms with Gasteiger partial charge in [0.25, 0.3) is 5.56 Å². The van der Waals surface area contributed by atoms with Crippen LogP contribution in [0.2, 0.25) is 0 Å². The zero-order valence-corrected chi connectivity index (χ0v) is 18.1. The van der Waals surface area contributed by atoms with Gasteiger partial charge in [0.05, 0.1) is 18.3 Å². The van der Waals surface area contributed by atoms with Crippen molar-refractivity contribution >= 4 is 17.9 Å². The molecule has 2 heterocycles. The zero-order valence-electron chi connectivity index (χ0n) is 18.1. The highest BCUT2D eigenvalue weighted by Gasteiger charge is 2.38. The highest BCUT2D eigenvalue weighted by molar-refractivity contribution is 5.91. The molecule has 1 fully saturated rings. The summed E-state index contributed by atoms with van der Waals surface area (Å²) in [5.74, 6) is -2.47. The van der Waals surface area contributed by atoms with Gasteiger partial charge < -0.3 is 25.6 Å². The fraction of sp³-hybridized carbons (Fsp3) is 0.600. The van der Waals surface area contributed by atoms with Gasteiger partial charge in [0, 0.05) is 31.8 Å². The molecular weight excluding hydrogens is 465 g/mol. The molecule has 0 aliphatic carbocycles. The highest BCUT2D eigenvalue weighted by Crippen LogP contribution is 2.27. The van der Waals surface area contributed by atoms with E-state index in [1.165, 1.54) is 12.3 Å². The summed E-state index contributed by atoms with van der Waals surface area (Å²) in [4.78, 5) is 48.8. The number of carbonyl (C=O) groups is 2. The molecule has 2 rings (SSSR count). The fourth-order valence-electron chi connectivity index (χ4n) is 3.23. The van der Waals surface area contributed by atoms with Gasteiger partial charge in [0.2, 0.25) is 5.91 Å². The van der Waals surface area contributed by atoms with Gasteiger partial charge in [-0.25, -0.2) is 4.79 Å². The molecule has 1 aliphatic heterocycles. The normalized spacial score (nSPS) is 20.6. The van der Waals surface area contributed by atoms with Gasteiger partial charge in [-0.3, -0.25) is 23.9 Å². The highest BCUT2D eigenvalue weighted by atomic mass is 19.4. The first kappa shape index (κ1) is 27.3. The SMILES string of the molecule is O=C(C=Cc1cn(C2CC(O)C(CO)O2)c(=O)[nH]c1=O)NCCCCCCNC(=O)C(F)(F)F. The molecule has 1 saturated heterocycles. The first-order chi connectivity index (χ1) is 16.0. The number of H-pyrrole nitrogens is 1. The number of aliphatic hydroxyl groups is 2. The second kappa shape index (κ2) is 12.5. The van der Waals surface area contributed by atoms with E-state index in [0.717, 1.165) is 10.6 Å². The number of rotatable bonds is 11. The number of unbranched alkanes of at least 4 members (excludes halogenated alkanes) is 3. The van der Waals surface area contributed by atoms with Crippen LogP contribution in [0.1, 0.15) is 43.9 Å². The summed E-state index contributed by atoms with van der Waals surface area (Å²) in [5, 5.41) is 23.4. The minimum atomic E-state index is -4.89. The second-order valence-corrected chi connectivity index (χ2v) is 7.66. The minimum absolute atomic E-state index is 0.00110. The number of aromatic nitrogens is 2. The molecule has 0 saturated carbocycles. The molecule has 3 unspecified atom stereocenters. The Morgan fingerprint density at radius 1 is 1.18 bits per heavy atom. The smallest absolute Gasteiger partial charge is 0.394 e. The van der Waals surface area contributed by atoms with Crippen molar-refractivity contribution in [3.05, 3.63) is 38.7 Å². The molecule has 1 aliphatic rings. The standard InChI is InChI=1S/C20H27F3N4O7/c21-20(22,23)18(32)25-8-4-2-1-3-7-24-15(30)6-5-12-10-27(19(33)26-17(12)31)16-9-13(29)14(11-28)34-16/h5-6,10,13-14,16,28-29H,1-4,7-9,11H2,(H,24,30)(H,25,32)(H,26,31,33). The largest absolute Gasteiger partial charge is 0.471 e. The summed E-state index contributed by atoms with van der Waals surface area (Å²) in [6.07, 6.45) is -1.95. The fourth-order valence-corrected chi connectivity index (χ4v) is 3.23. The van der Waals surface area contributed by atoms with Crippen LogP contribution in [-0.4, -0.2) is 69.7 Å². The van der Waals surface area contributed by atoms with Crippen LogP contribution >= 0.6 is 0 Å². The van der Waals surface area contributed by atoms with E-state index < -0.39 is 54.3 Å². The molecule has 0 radical (unpaired) electrons. The molecule has 14 heteroatoms. The van der Waals surface area contributed by atoms with Crippen molar-refractivity contribution in [1.82, 2.24) is 20.2 Å². The number of aliphatic hydroxyl groups excluding tert-OH is 2. The molecule has 0 aromatic carbocycles. The van der Waals surface area contributed by atoms with E-state index in [-0.39, 0.29) is 18.5 Å². The van der Waals surface area contributed by atoms with E-state index in [1.54, 1.807) is 5.32 Å². The first-order valence-electron chi connectivity index (χ1n) is 10.6. The molecule has 0 spiro atoms. The number of halogens is 3. The van der Waals surface area contributed by atoms with Crippen LogP contribution in [0.5, 0.6) is 0 Å². The number of nitrogens with one attached hydrogen (secondary N) is 3. The van der Waals surface area contributed by atoms with Crippen molar-refractivity contribution in [3.63, 3.8) is 0 Å². The Morgan fingerprint density at radius 3 is 2.41 bits per heavy atom. The third-order valence-electron chi connectivity index (χ3n) is 5.05. The number of carbonyl (C=O) groups excluding carboxylic acids is 2. The number of alkyl halides is 3.